The molecule has 0 atom stereocenters. The van der Waals surface area contributed by atoms with Gasteiger partial charge >= 0.3 is 0 Å². The van der Waals surface area contributed by atoms with E-state index in [1.807, 2.05) is 0 Å². The van der Waals surface area contributed by atoms with Gasteiger partial charge in [-0.25, -0.2) is 4.98 Å². The third-order valence-electron chi connectivity index (χ3n) is 2.67. The molecule has 1 saturated carbocycles. The third kappa shape index (κ3) is 4.09. The number of hydrogen-bond acceptors (Lipinski definition) is 4. The van der Waals surface area contributed by atoms with Gasteiger partial charge in [0.1, 0.15) is 0 Å². The van der Waals surface area contributed by atoms with Gasteiger partial charge in [0, 0.05) is 30.3 Å². The Morgan fingerprint density at radius 3 is 3.00 bits per heavy atom. The van der Waals surface area contributed by atoms with Crippen LogP contribution in [0.5, 0.6) is 0 Å². The first-order chi connectivity index (χ1) is 8.15. The van der Waals surface area contributed by atoms with Crippen molar-refractivity contribution in [3.63, 3.8) is 0 Å². The number of thiazole rings is 1. The first kappa shape index (κ1) is 12.5. The molecular formula is C12H19N3OS. The molecule has 0 radical (unpaired) electrons. The normalized spacial score (nSPS) is 15.2. The molecule has 4 nitrogen and oxygen atoms in total. The standard InChI is InChI=1S/C12H19N3OS/c1-8(2)13-6-5-11(16)15-12-14-10(7-17-12)9-3-4-9/h7-9,13H,3-6H2,1-2H3,(H,14,15,16). The van der Waals surface area contributed by atoms with Crippen LogP contribution >= 0.6 is 11.3 Å². The van der Waals surface area contributed by atoms with Crippen LogP contribution in [-0.2, 0) is 4.79 Å². The van der Waals surface area contributed by atoms with Crippen molar-refractivity contribution in [1.29, 1.82) is 0 Å². The van der Waals surface area contributed by atoms with Gasteiger partial charge in [0.2, 0.25) is 5.91 Å². The quantitative estimate of drug-likeness (QED) is 0.818. The molecule has 1 amide bonds. The maximum atomic E-state index is 11.6. The van der Waals surface area contributed by atoms with E-state index in [1.54, 1.807) is 0 Å². The highest BCUT2D eigenvalue weighted by molar-refractivity contribution is 7.13. The van der Waals surface area contributed by atoms with E-state index in [2.05, 4.69) is 34.8 Å². The van der Waals surface area contributed by atoms with Gasteiger partial charge in [0.15, 0.2) is 5.13 Å². The Morgan fingerprint density at radius 1 is 1.59 bits per heavy atom. The summed E-state index contributed by atoms with van der Waals surface area (Å²) in [4.78, 5) is 16.0. The first-order valence-corrected chi connectivity index (χ1v) is 7.02. The molecule has 1 fully saturated rings. The summed E-state index contributed by atoms with van der Waals surface area (Å²) in [6.45, 7) is 4.85. The van der Waals surface area contributed by atoms with Gasteiger partial charge in [-0.3, -0.25) is 4.79 Å². The van der Waals surface area contributed by atoms with Crippen LogP contribution in [0, 0.1) is 0 Å². The topological polar surface area (TPSA) is 54.0 Å². The lowest BCUT2D eigenvalue weighted by Crippen LogP contribution is -2.27. The zero-order valence-electron chi connectivity index (χ0n) is 10.3. The summed E-state index contributed by atoms with van der Waals surface area (Å²) in [6.07, 6.45) is 2.99. The van der Waals surface area contributed by atoms with Gasteiger partial charge in [-0.2, -0.15) is 0 Å². The summed E-state index contributed by atoms with van der Waals surface area (Å²) < 4.78 is 0. The average Bonchev–Trinajstić information content (AvgIpc) is 3.00. The molecule has 2 N–H and O–H groups in total. The van der Waals surface area contributed by atoms with Gasteiger partial charge in [-0.15, -0.1) is 11.3 Å². The Balaban J connectivity index is 1.73. The predicted octanol–water partition coefficient (Wildman–Crippen LogP) is 2.35. The minimum absolute atomic E-state index is 0.0369. The number of nitrogens with one attached hydrogen (secondary N) is 2. The second-order valence-electron chi connectivity index (χ2n) is 4.76. The Bertz CT molecular complexity index is 385. The van der Waals surface area contributed by atoms with Crippen molar-refractivity contribution < 1.29 is 4.79 Å². The number of hydrogen-bond donors (Lipinski definition) is 2. The van der Waals surface area contributed by atoms with Crippen LogP contribution in [0.25, 0.3) is 0 Å². The monoisotopic (exact) mass is 253 g/mol. The summed E-state index contributed by atoms with van der Waals surface area (Å²) in [5, 5.41) is 8.86. The molecular weight excluding hydrogens is 234 g/mol. The van der Waals surface area contributed by atoms with Crippen molar-refractivity contribution in [3.05, 3.63) is 11.1 Å². The van der Waals surface area contributed by atoms with E-state index < -0.39 is 0 Å². The lowest BCUT2D eigenvalue weighted by molar-refractivity contribution is -0.116. The highest BCUT2D eigenvalue weighted by Crippen LogP contribution is 2.40. The van der Waals surface area contributed by atoms with Gasteiger partial charge in [-0.1, -0.05) is 13.8 Å². The van der Waals surface area contributed by atoms with E-state index in [1.165, 1.54) is 24.2 Å². The third-order valence-corrected chi connectivity index (χ3v) is 3.44. The van der Waals surface area contributed by atoms with Crippen molar-refractivity contribution in [2.24, 2.45) is 0 Å². The Morgan fingerprint density at radius 2 is 2.35 bits per heavy atom. The fourth-order valence-electron chi connectivity index (χ4n) is 1.57. The number of carbonyl (C=O) groups is 1. The van der Waals surface area contributed by atoms with Crippen LogP contribution in [0.15, 0.2) is 5.38 Å². The van der Waals surface area contributed by atoms with Crippen molar-refractivity contribution in [1.82, 2.24) is 10.3 Å². The number of amides is 1. The van der Waals surface area contributed by atoms with E-state index >= 15 is 0 Å². The molecule has 94 valence electrons. The summed E-state index contributed by atoms with van der Waals surface area (Å²) in [5.41, 5.74) is 1.14. The molecule has 0 unspecified atom stereocenters. The van der Waals surface area contributed by atoms with Crippen LogP contribution in [-0.4, -0.2) is 23.5 Å². The average molecular weight is 253 g/mol. The van der Waals surface area contributed by atoms with Crippen molar-refractivity contribution in [2.75, 3.05) is 11.9 Å². The predicted molar refractivity (Wildman–Crippen MR) is 70.5 cm³/mol. The molecule has 0 spiro atoms. The maximum absolute atomic E-state index is 11.6. The summed E-state index contributed by atoms with van der Waals surface area (Å²) in [7, 11) is 0. The second kappa shape index (κ2) is 5.60. The largest absolute Gasteiger partial charge is 0.314 e. The van der Waals surface area contributed by atoms with Gasteiger partial charge in [0.25, 0.3) is 0 Å². The second-order valence-corrected chi connectivity index (χ2v) is 5.62. The van der Waals surface area contributed by atoms with Crippen molar-refractivity contribution >= 4 is 22.4 Å². The summed E-state index contributed by atoms with van der Waals surface area (Å²) in [6, 6.07) is 0.420. The van der Waals surface area contributed by atoms with E-state index in [9.17, 15) is 4.79 Å². The van der Waals surface area contributed by atoms with E-state index in [0.29, 0.717) is 24.9 Å². The highest BCUT2D eigenvalue weighted by Gasteiger charge is 2.26. The van der Waals surface area contributed by atoms with Gasteiger partial charge < -0.3 is 10.6 Å². The molecule has 17 heavy (non-hydrogen) atoms. The Hall–Kier alpha value is -0.940. The van der Waals surface area contributed by atoms with Crippen molar-refractivity contribution in [3.8, 4) is 0 Å². The summed E-state index contributed by atoms with van der Waals surface area (Å²) in [5.74, 6) is 0.689. The molecule has 0 bridgehead atoms. The molecule has 2 rings (SSSR count). The Kier molecular flexibility index (Phi) is 4.12. The highest BCUT2D eigenvalue weighted by atomic mass is 32.1. The van der Waals surface area contributed by atoms with Crippen LogP contribution in [0.3, 0.4) is 0 Å². The minimum atomic E-state index is 0.0369. The lowest BCUT2D eigenvalue weighted by Gasteiger charge is -2.06. The number of nitrogens with zero attached hydrogens (tertiary/aromatic N) is 1. The van der Waals surface area contributed by atoms with Gasteiger partial charge in [0.05, 0.1) is 5.69 Å². The maximum Gasteiger partial charge on any atom is 0.227 e. The van der Waals surface area contributed by atoms with Crippen LogP contribution in [0.2, 0.25) is 0 Å². The number of anilines is 1. The fraction of sp³-hybridized carbons (Fsp3) is 0.667. The van der Waals surface area contributed by atoms with E-state index in [-0.39, 0.29) is 5.91 Å². The fourth-order valence-corrected chi connectivity index (χ4v) is 2.37. The number of carbonyl (C=O) groups excluding carboxylic acids is 1. The zero-order chi connectivity index (χ0) is 12.3. The molecule has 1 aliphatic rings. The number of rotatable bonds is 6. The first-order valence-electron chi connectivity index (χ1n) is 6.14. The molecule has 5 heteroatoms. The lowest BCUT2D eigenvalue weighted by atomic mass is 10.3. The molecule has 0 aromatic carbocycles. The van der Waals surface area contributed by atoms with Crippen LogP contribution in [0.4, 0.5) is 5.13 Å². The zero-order valence-corrected chi connectivity index (χ0v) is 11.1. The number of aromatic nitrogens is 1. The SMILES string of the molecule is CC(C)NCCC(=O)Nc1nc(C2CC2)cs1. The summed E-state index contributed by atoms with van der Waals surface area (Å²) >= 11 is 1.52. The van der Waals surface area contributed by atoms with Crippen LogP contribution < -0.4 is 10.6 Å². The Labute approximate surface area is 106 Å². The van der Waals surface area contributed by atoms with E-state index in [0.717, 1.165) is 10.8 Å². The minimum Gasteiger partial charge on any atom is -0.314 e. The smallest absolute Gasteiger partial charge is 0.227 e. The van der Waals surface area contributed by atoms with E-state index in [4.69, 9.17) is 0 Å². The molecule has 0 saturated heterocycles. The van der Waals surface area contributed by atoms with Crippen LogP contribution in [0.1, 0.15) is 44.7 Å². The molecule has 1 aliphatic carbocycles. The molecule has 1 aromatic rings. The molecule has 1 aromatic heterocycles. The molecule has 1 heterocycles. The van der Waals surface area contributed by atoms with Gasteiger partial charge in [-0.05, 0) is 12.8 Å². The molecule has 0 aliphatic heterocycles. The van der Waals surface area contributed by atoms with Crippen molar-refractivity contribution in [2.45, 2.75) is 45.1 Å².